The van der Waals surface area contributed by atoms with Crippen LogP contribution in [0.15, 0.2) is 40.7 Å². The number of aryl methyl sites for hydroxylation is 1. The van der Waals surface area contributed by atoms with Crippen LogP contribution in [0.4, 0.5) is 0 Å². The Kier molecular flexibility index (Phi) is 5.72. The maximum absolute atomic E-state index is 5.36. The summed E-state index contributed by atoms with van der Waals surface area (Å²) >= 11 is 0. The van der Waals surface area contributed by atoms with Crippen LogP contribution in [-0.2, 0) is 0 Å². The molecule has 0 aromatic heterocycles. The van der Waals surface area contributed by atoms with Crippen LogP contribution in [0.1, 0.15) is 49.7 Å². The predicted octanol–water partition coefficient (Wildman–Crippen LogP) is 7.14. The number of benzene rings is 1. The molecule has 4 heteroatoms. The highest BCUT2D eigenvalue weighted by Gasteiger charge is 2.53. The van der Waals surface area contributed by atoms with Crippen LogP contribution in [0, 0.1) is 30.1 Å². The van der Waals surface area contributed by atoms with Crippen molar-refractivity contribution in [3.05, 3.63) is 47.2 Å². The first kappa shape index (κ1) is 22.1. The smallest absolute Gasteiger partial charge is 0.173 e. The van der Waals surface area contributed by atoms with Crippen molar-refractivity contribution in [2.75, 3.05) is 0 Å². The first-order valence-corrected chi connectivity index (χ1v) is 19.0. The van der Waals surface area contributed by atoms with E-state index in [-0.39, 0.29) is 0 Å². The summed E-state index contributed by atoms with van der Waals surface area (Å²) in [4.78, 5) is 4.15. The van der Waals surface area contributed by atoms with Gasteiger partial charge in [-0.05, 0) is 94.5 Å². The first-order chi connectivity index (χ1) is 13.9. The van der Waals surface area contributed by atoms with E-state index in [2.05, 4.69) is 81.5 Å². The van der Waals surface area contributed by atoms with Crippen molar-refractivity contribution in [2.45, 2.75) is 84.7 Å². The Hall–Kier alpha value is -1.14. The Morgan fingerprint density at radius 1 is 0.900 bits per heavy atom. The van der Waals surface area contributed by atoms with E-state index in [4.69, 9.17) is 4.66 Å². The second kappa shape index (κ2) is 7.77. The number of rotatable bonds is 6. The summed E-state index contributed by atoms with van der Waals surface area (Å²) in [6.07, 6.45) is 11.2. The fourth-order valence-corrected chi connectivity index (χ4v) is 8.63. The molecular formula is C26H42N2Si2. The molecule has 0 saturated heterocycles. The molecule has 5 rings (SSSR count). The molecule has 4 fully saturated rings. The van der Waals surface area contributed by atoms with Gasteiger partial charge in [0.1, 0.15) is 8.24 Å². The van der Waals surface area contributed by atoms with Gasteiger partial charge in [-0.3, -0.25) is 0 Å². The van der Waals surface area contributed by atoms with Gasteiger partial charge in [0, 0.05) is 11.1 Å². The van der Waals surface area contributed by atoms with Crippen LogP contribution >= 0.6 is 0 Å². The molecule has 4 bridgehead atoms. The zero-order valence-electron chi connectivity index (χ0n) is 20.3. The summed E-state index contributed by atoms with van der Waals surface area (Å²) < 4.78 is 5.36. The van der Waals surface area contributed by atoms with Crippen molar-refractivity contribution in [1.29, 1.82) is 0 Å². The van der Waals surface area contributed by atoms with Crippen molar-refractivity contribution in [3.63, 3.8) is 0 Å². The monoisotopic (exact) mass is 438 g/mol. The molecule has 0 atom stereocenters. The molecule has 164 valence electrons. The van der Waals surface area contributed by atoms with E-state index in [9.17, 15) is 0 Å². The summed E-state index contributed by atoms with van der Waals surface area (Å²) in [6.45, 7) is 16.6. The van der Waals surface area contributed by atoms with Crippen molar-refractivity contribution >= 4 is 22.2 Å². The van der Waals surface area contributed by atoms with Crippen molar-refractivity contribution < 1.29 is 0 Å². The molecule has 4 aliphatic rings. The van der Waals surface area contributed by atoms with Gasteiger partial charge in [0.15, 0.2) is 8.24 Å². The highest BCUT2D eigenvalue weighted by atomic mass is 28.3. The maximum atomic E-state index is 5.36. The van der Waals surface area contributed by atoms with Crippen LogP contribution in [0.2, 0.25) is 39.3 Å². The number of hydrogen-bond acceptors (Lipinski definition) is 2. The number of nitrogens with zero attached hydrogens (tertiary/aromatic N) is 1. The van der Waals surface area contributed by atoms with E-state index in [1.807, 2.05) is 0 Å². The Labute approximate surface area is 186 Å². The first-order valence-electron chi connectivity index (χ1n) is 12.1. The minimum absolute atomic E-state index is 0.375. The number of nitrogens with one attached hydrogen (secondary N) is 1. The van der Waals surface area contributed by atoms with Crippen molar-refractivity contribution in [2.24, 2.45) is 27.8 Å². The molecular weight excluding hydrogens is 396 g/mol. The van der Waals surface area contributed by atoms with Gasteiger partial charge >= 0.3 is 0 Å². The molecule has 1 N–H and O–H groups in total. The maximum Gasteiger partial charge on any atom is 0.173 e. The van der Waals surface area contributed by atoms with Crippen LogP contribution in [0.25, 0.3) is 0 Å². The minimum Gasteiger partial charge on any atom is -0.414 e. The Morgan fingerprint density at radius 3 is 1.83 bits per heavy atom. The van der Waals surface area contributed by atoms with E-state index in [1.54, 1.807) is 5.70 Å². The van der Waals surface area contributed by atoms with E-state index in [0.29, 0.717) is 5.41 Å². The number of allylic oxidation sites excluding steroid dienone is 2. The van der Waals surface area contributed by atoms with Gasteiger partial charge in [-0.1, -0.05) is 49.5 Å². The van der Waals surface area contributed by atoms with E-state index >= 15 is 0 Å². The lowest BCUT2D eigenvalue weighted by Gasteiger charge is -2.58. The van der Waals surface area contributed by atoms with Gasteiger partial charge in [-0.15, -0.1) is 0 Å². The average Bonchev–Trinajstić information content (AvgIpc) is 2.57. The molecule has 0 spiro atoms. The summed E-state index contributed by atoms with van der Waals surface area (Å²) in [5.74, 6) is 2.87. The topological polar surface area (TPSA) is 24.4 Å². The van der Waals surface area contributed by atoms with E-state index in [0.717, 1.165) is 17.8 Å². The largest absolute Gasteiger partial charge is 0.414 e. The summed E-state index contributed by atoms with van der Waals surface area (Å²) in [7, 11) is -3.07. The van der Waals surface area contributed by atoms with E-state index in [1.165, 1.54) is 55.4 Å². The van der Waals surface area contributed by atoms with Gasteiger partial charge in [0.2, 0.25) is 0 Å². The molecule has 1 aromatic rings. The molecule has 4 saturated carbocycles. The molecule has 4 aliphatic carbocycles. The van der Waals surface area contributed by atoms with Crippen molar-refractivity contribution in [3.8, 4) is 0 Å². The summed E-state index contributed by atoms with van der Waals surface area (Å²) in [5.41, 5.74) is 5.73. The fourth-order valence-electron chi connectivity index (χ4n) is 6.57. The van der Waals surface area contributed by atoms with Crippen LogP contribution < -0.4 is 4.98 Å². The second-order valence-electron chi connectivity index (χ2n) is 12.7. The molecule has 0 unspecified atom stereocenters. The molecule has 1 aromatic carbocycles. The lowest BCUT2D eigenvalue weighted by atomic mass is 9.48. The Balaban J connectivity index is 1.80. The molecule has 0 amide bonds. The van der Waals surface area contributed by atoms with Gasteiger partial charge < -0.3 is 9.64 Å². The third kappa shape index (κ3) is 5.01. The Bertz CT molecular complexity index is 802. The third-order valence-electron chi connectivity index (χ3n) is 7.20. The standard InChI is InChI=1S/C26H42N2Si2/c1-19-8-10-23(11-9-19)24(27-29(2,3)4)15-25(28-30(5,6)7)26-16-20-12-21(17-26)14-22(13-20)18-26/h8-11,15,20-22,28H,12-14,16-18H2,1-7H3. The lowest BCUT2D eigenvalue weighted by molar-refractivity contribution is -0.0324. The molecule has 2 nitrogen and oxygen atoms in total. The molecule has 0 radical (unpaired) electrons. The van der Waals surface area contributed by atoms with Crippen LogP contribution in [0.3, 0.4) is 0 Å². The number of hydrogen-bond donors (Lipinski definition) is 1. The van der Waals surface area contributed by atoms with E-state index < -0.39 is 16.5 Å². The highest BCUT2D eigenvalue weighted by Crippen LogP contribution is 2.62. The fraction of sp³-hybridized carbons (Fsp3) is 0.654. The Morgan fingerprint density at radius 2 is 1.40 bits per heavy atom. The average molecular weight is 439 g/mol. The van der Waals surface area contributed by atoms with Gasteiger partial charge in [0.05, 0.1) is 5.71 Å². The zero-order valence-corrected chi connectivity index (χ0v) is 22.3. The second-order valence-corrected chi connectivity index (χ2v) is 22.0. The summed E-state index contributed by atoms with van der Waals surface area (Å²) in [5, 5.41) is 0. The molecule has 30 heavy (non-hydrogen) atoms. The molecule has 0 heterocycles. The SMILES string of the molecule is Cc1ccc(C(C=C(N[Si](C)(C)C)C23CC4CC(CC(C4)C2)C3)=N[Si](C)(C)C)cc1. The van der Waals surface area contributed by atoms with Gasteiger partial charge in [0.25, 0.3) is 0 Å². The van der Waals surface area contributed by atoms with Crippen LogP contribution in [0.5, 0.6) is 0 Å². The van der Waals surface area contributed by atoms with Gasteiger partial charge in [-0.2, -0.15) is 0 Å². The predicted molar refractivity (Wildman–Crippen MR) is 136 cm³/mol. The lowest BCUT2D eigenvalue weighted by Crippen LogP contribution is -2.53. The quantitative estimate of drug-likeness (QED) is 0.370. The van der Waals surface area contributed by atoms with Gasteiger partial charge in [-0.25, -0.2) is 0 Å². The summed E-state index contributed by atoms with van der Waals surface area (Å²) in [6, 6.07) is 9.02. The van der Waals surface area contributed by atoms with Crippen LogP contribution in [-0.4, -0.2) is 22.2 Å². The minimum atomic E-state index is -1.60. The van der Waals surface area contributed by atoms with Crippen molar-refractivity contribution in [1.82, 2.24) is 4.98 Å². The molecule has 0 aliphatic heterocycles. The zero-order chi connectivity index (χ0) is 21.7. The third-order valence-corrected chi connectivity index (χ3v) is 9.13. The highest BCUT2D eigenvalue weighted by molar-refractivity contribution is 6.76. The normalized spacial score (nSPS) is 31.9.